The number of anilines is 2. The Labute approximate surface area is 241 Å². The van der Waals surface area contributed by atoms with E-state index in [1.807, 2.05) is 48.5 Å². The van der Waals surface area contributed by atoms with Gasteiger partial charge in [0.15, 0.2) is 0 Å². The predicted molar refractivity (Wildman–Crippen MR) is 169 cm³/mol. The van der Waals surface area contributed by atoms with Crippen LogP contribution in [0.1, 0.15) is 63.8 Å². The second kappa shape index (κ2) is 14.1. The van der Waals surface area contributed by atoms with Gasteiger partial charge in [0.05, 0.1) is 13.2 Å². The van der Waals surface area contributed by atoms with Crippen LogP contribution >= 0.6 is 0 Å². The van der Waals surface area contributed by atoms with Crippen LogP contribution in [0.2, 0.25) is 0 Å². The standard InChI is InChI=1S/C36H44N2O2/c1-35(2,3)27-37(23-25-39)33-19-15-31(16-20-33)13-11-29-7-9-30(10-8-29)12-14-32-17-21-34(22-18-32)38(24-26-40)28-36(4,5)6/h7-10,15-22,39-40H,23-28H2,1-6H3. The van der Waals surface area contributed by atoms with Crippen LogP contribution in [0.25, 0.3) is 0 Å². The number of aliphatic hydroxyl groups excluding tert-OH is 2. The molecule has 0 aliphatic heterocycles. The van der Waals surface area contributed by atoms with Gasteiger partial charge in [-0.1, -0.05) is 65.2 Å². The van der Waals surface area contributed by atoms with Gasteiger partial charge in [-0.3, -0.25) is 0 Å². The Kier molecular flexibility index (Phi) is 10.9. The quantitative estimate of drug-likeness (QED) is 0.338. The molecule has 0 spiro atoms. The van der Waals surface area contributed by atoms with Crippen LogP contribution in [-0.4, -0.2) is 49.6 Å². The second-order valence-electron chi connectivity index (χ2n) is 12.6. The van der Waals surface area contributed by atoms with E-state index in [2.05, 4.69) is 99.3 Å². The number of rotatable bonds is 8. The van der Waals surface area contributed by atoms with E-state index in [1.165, 1.54) is 0 Å². The molecule has 3 aromatic carbocycles. The van der Waals surface area contributed by atoms with Crippen molar-refractivity contribution in [1.82, 2.24) is 0 Å². The van der Waals surface area contributed by atoms with E-state index < -0.39 is 0 Å². The first-order chi connectivity index (χ1) is 19.0. The van der Waals surface area contributed by atoms with Crippen molar-refractivity contribution in [2.24, 2.45) is 10.8 Å². The van der Waals surface area contributed by atoms with Crippen LogP contribution in [-0.2, 0) is 0 Å². The maximum Gasteiger partial charge on any atom is 0.0606 e. The Morgan fingerprint density at radius 3 is 0.950 bits per heavy atom. The fourth-order valence-electron chi connectivity index (χ4n) is 4.42. The van der Waals surface area contributed by atoms with Crippen molar-refractivity contribution in [2.45, 2.75) is 41.5 Å². The minimum absolute atomic E-state index is 0.131. The Morgan fingerprint density at radius 2 is 0.725 bits per heavy atom. The van der Waals surface area contributed by atoms with E-state index >= 15 is 0 Å². The normalized spacial score (nSPS) is 11.2. The number of aliphatic hydroxyl groups is 2. The van der Waals surface area contributed by atoms with Gasteiger partial charge in [0.2, 0.25) is 0 Å². The van der Waals surface area contributed by atoms with Gasteiger partial charge < -0.3 is 20.0 Å². The van der Waals surface area contributed by atoms with Crippen molar-refractivity contribution < 1.29 is 10.2 Å². The molecule has 3 aromatic rings. The summed E-state index contributed by atoms with van der Waals surface area (Å²) in [5, 5.41) is 18.9. The third-order valence-corrected chi connectivity index (χ3v) is 6.12. The van der Waals surface area contributed by atoms with Gasteiger partial charge in [-0.05, 0) is 83.6 Å². The minimum Gasteiger partial charge on any atom is -0.395 e. The molecule has 4 heteroatoms. The number of hydrogen-bond acceptors (Lipinski definition) is 4. The molecule has 0 aliphatic rings. The first kappa shape index (κ1) is 30.8. The third kappa shape index (κ3) is 10.5. The van der Waals surface area contributed by atoms with Gasteiger partial charge in [0.1, 0.15) is 0 Å². The van der Waals surface area contributed by atoms with Crippen molar-refractivity contribution in [3.63, 3.8) is 0 Å². The molecule has 0 aromatic heterocycles. The molecule has 4 nitrogen and oxygen atoms in total. The van der Waals surface area contributed by atoms with E-state index in [-0.39, 0.29) is 24.0 Å². The third-order valence-electron chi connectivity index (χ3n) is 6.12. The van der Waals surface area contributed by atoms with Crippen molar-refractivity contribution >= 4 is 11.4 Å². The van der Waals surface area contributed by atoms with Gasteiger partial charge in [-0.15, -0.1) is 0 Å². The van der Waals surface area contributed by atoms with Crippen molar-refractivity contribution in [3.05, 3.63) is 95.1 Å². The second-order valence-corrected chi connectivity index (χ2v) is 12.6. The Balaban J connectivity index is 1.64. The molecule has 2 N–H and O–H groups in total. The van der Waals surface area contributed by atoms with E-state index in [0.29, 0.717) is 13.1 Å². The fraction of sp³-hybridized carbons (Fsp3) is 0.389. The lowest BCUT2D eigenvalue weighted by atomic mass is 9.95. The number of hydrogen-bond donors (Lipinski definition) is 2. The summed E-state index contributed by atoms with van der Waals surface area (Å²) in [4.78, 5) is 4.43. The summed E-state index contributed by atoms with van der Waals surface area (Å²) in [5.41, 5.74) is 6.27. The first-order valence-corrected chi connectivity index (χ1v) is 14.0. The lowest BCUT2D eigenvalue weighted by Gasteiger charge is -2.31. The molecule has 0 radical (unpaired) electrons. The van der Waals surface area contributed by atoms with Crippen LogP contribution in [0.15, 0.2) is 72.8 Å². The molecule has 0 unspecified atom stereocenters. The lowest BCUT2D eigenvalue weighted by molar-refractivity contribution is 0.293. The van der Waals surface area contributed by atoms with Gasteiger partial charge in [-0.2, -0.15) is 0 Å². The Morgan fingerprint density at radius 1 is 0.475 bits per heavy atom. The topological polar surface area (TPSA) is 46.9 Å². The maximum atomic E-state index is 9.47. The average molecular weight is 537 g/mol. The van der Waals surface area contributed by atoms with Crippen LogP contribution in [0.3, 0.4) is 0 Å². The van der Waals surface area contributed by atoms with Crippen LogP contribution in [0.5, 0.6) is 0 Å². The highest BCUT2D eigenvalue weighted by atomic mass is 16.3. The van der Waals surface area contributed by atoms with E-state index in [1.54, 1.807) is 0 Å². The largest absolute Gasteiger partial charge is 0.395 e. The summed E-state index contributed by atoms with van der Waals surface area (Å²) in [5.74, 6) is 13.0. The SMILES string of the molecule is CC(C)(C)CN(CCO)c1ccc(C#Cc2ccc(C#Cc3ccc(N(CCO)CC(C)(C)C)cc3)cc2)cc1. The van der Waals surface area contributed by atoms with Gasteiger partial charge in [0.25, 0.3) is 0 Å². The summed E-state index contributed by atoms with van der Waals surface area (Å²) in [6.45, 7) is 16.5. The molecule has 0 heterocycles. The average Bonchev–Trinajstić information content (AvgIpc) is 2.90. The highest BCUT2D eigenvalue weighted by Gasteiger charge is 2.17. The van der Waals surface area contributed by atoms with E-state index in [4.69, 9.17) is 0 Å². The maximum absolute atomic E-state index is 9.47. The van der Waals surface area contributed by atoms with Crippen LogP contribution in [0.4, 0.5) is 11.4 Å². The molecular formula is C36H44N2O2. The Bertz CT molecular complexity index is 1220. The zero-order chi connectivity index (χ0) is 29.2. The molecule has 0 saturated heterocycles. The molecule has 210 valence electrons. The highest BCUT2D eigenvalue weighted by molar-refractivity contribution is 5.54. The smallest absolute Gasteiger partial charge is 0.0606 e. The van der Waals surface area contributed by atoms with Crippen molar-refractivity contribution in [1.29, 1.82) is 0 Å². The lowest BCUT2D eigenvalue weighted by Crippen LogP contribution is -2.34. The number of benzene rings is 3. The molecular weight excluding hydrogens is 492 g/mol. The highest BCUT2D eigenvalue weighted by Crippen LogP contribution is 2.23. The van der Waals surface area contributed by atoms with Gasteiger partial charge >= 0.3 is 0 Å². The van der Waals surface area contributed by atoms with E-state index in [9.17, 15) is 10.2 Å². The Hall–Kier alpha value is -3.70. The molecule has 0 fully saturated rings. The van der Waals surface area contributed by atoms with Crippen molar-refractivity contribution in [2.75, 3.05) is 49.2 Å². The summed E-state index contributed by atoms with van der Waals surface area (Å²) >= 11 is 0. The zero-order valence-electron chi connectivity index (χ0n) is 25.0. The molecule has 0 amide bonds. The first-order valence-electron chi connectivity index (χ1n) is 14.0. The van der Waals surface area contributed by atoms with Gasteiger partial charge in [0, 0.05) is 59.8 Å². The summed E-state index contributed by atoms with van der Waals surface area (Å²) in [7, 11) is 0. The molecule has 3 rings (SSSR count). The predicted octanol–water partition coefficient (Wildman–Crippen LogP) is 6.18. The fourth-order valence-corrected chi connectivity index (χ4v) is 4.42. The molecule has 0 bridgehead atoms. The van der Waals surface area contributed by atoms with Crippen LogP contribution in [0, 0.1) is 34.5 Å². The minimum atomic E-state index is 0.131. The summed E-state index contributed by atoms with van der Waals surface area (Å²) in [6.07, 6.45) is 0. The van der Waals surface area contributed by atoms with E-state index in [0.717, 1.165) is 46.7 Å². The summed E-state index contributed by atoms with van der Waals surface area (Å²) < 4.78 is 0. The zero-order valence-corrected chi connectivity index (χ0v) is 25.0. The number of nitrogens with zero attached hydrogens (tertiary/aromatic N) is 2. The molecule has 0 atom stereocenters. The molecule has 40 heavy (non-hydrogen) atoms. The monoisotopic (exact) mass is 536 g/mol. The van der Waals surface area contributed by atoms with Crippen molar-refractivity contribution in [3.8, 4) is 23.7 Å². The van der Waals surface area contributed by atoms with Crippen LogP contribution < -0.4 is 9.80 Å². The van der Waals surface area contributed by atoms with Gasteiger partial charge in [-0.25, -0.2) is 0 Å². The molecule has 0 aliphatic carbocycles. The molecule has 0 saturated carbocycles. The summed E-state index contributed by atoms with van der Waals surface area (Å²) in [6, 6.07) is 24.4.